The summed E-state index contributed by atoms with van der Waals surface area (Å²) in [4.78, 5) is 19.7. The smallest absolute Gasteiger partial charge is 0.178 e. The molecular formula is C5H7O3Zr-. The fourth-order valence-corrected chi connectivity index (χ4v) is 0.329. The molecule has 0 atom stereocenters. The molecule has 0 rings (SSSR count). The van der Waals surface area contributed by atoms with Crippen LogP contribution in [0.5, 0.6) is 0 Å². The van der Waals surface area contributed by atoms with Crippen LogP contribution in [-0.4, -0.2) is 11.8 Å². The third-order valence-electron chi connectivity index (χ3n) is 0.705. The van der Waals surface area contributed by atoms with Crippen LogP contribution >= 0.6 is 0 Å². The number of rotatable bonds is 3. The molecule has 0 radical (unpaired) electrons. The predicted octanol–water partition coefficient (Wildman–Crippen LogP) is -0.897. The Morgan fingerprint density at radius 2 is 1.89 bits per heavy atom. The topological polar surface area (TPSA) is 57.2 Å². The van der Waals surface area contributed by atoms with Crippen LogP contribution in [0.15, 0.2) is 0 Å². The molecule has 0 heterocycles. The number of aliphatic carboxylic acids is 1. The number of hydrogen-bond donors (Lipinski definition) is 0. The van der Waals surface area contributed by atoms with E-state index in [-0.39, 0.29) is 32.6 Å². The molecule has 0 spiro atoms. The summed E-state index contributed by atoms with van der Waals surface area (Å²) in [5, 5.41) is 9.63. The molecular weight excluding hydrogens is 199 g/mol. The minimum absolute atomic E-state index is 0. The van der Waals surface area contributed by atoms with Gasteiger partial charge in [-0.2, -0.15) is 0 Å². The summed E-state index contributed by atoms with van der Waals surface area (Å²) in [6.07, 6.45) is 0.648. The zero-order valence-corrected chi connectivity index (χ0v) is 7.60. The third-order valence-corrected chi connectivity index (χ3v) is 0.705. The number of carbonyl (C=O) groups excluding carboxylic acids is 2. The first-order valence-electron chi connectivity index (χ1n) is 2.42. The Kier molecular flexibility index (Phi) is 8.04. The molecule has 4 heteroatoms. The Bertz CT molecular complexity index is 111. The van der Waals surface area contributed by atoms with Crippen molar-refractivity contribution in [2.75, 3.05) is 0 Å². The Hall–Kier alpha value is 0.0231. The van der Waals surface area contributed by atoms with Gasteiger partial charge in [0.25, 0.3) is 0 Å². The van der Waals surface area contributed by atoms with Gasteiger partial charge in [-0.1, -0.05) is 6.92 Å². The van der Waals surface area contributed by atoms with Gasteiger partial charge in [0.2, 0.25) is 0 Å². The standard InChI is InChI=1S/C5H8O3.Zr/c1-2-3-4(6)5(7)8;/h2-3H2,1H3,(H,7,8);/p-1. The van der Waals surface area contributed by atoms with Gasteiger partial charge in [0.05, 0.1) is 0 Å². The summed E-state index contributed by atoms with van der Waals surface area (Å²) >= 11 is 0. The van der Waals surface area contributed by atoms with E-state index in [4.69, 9.17) is 0 Å². The van der Waals surface area contributed by atoms with Crippen LogP contribution in [0.1, 0.15) is 19.8 Å². The van der Waals surface area contributed by atoms with Gasteiger partial charge < -0.3 is 9.90 Å². The fraction of sp³-hybridized carbons (Fsp3) is 0.600. The second-order valence-corrected chi connectivity index (χ2v) is 1.46. The van der Waals surface area contributed by atoms with Crippen LogP contribution in [0.2, 0.25) is 0 Å². The molecule has 3 nitrogen and oxygen atoms in total. The minimum atomic E-state index is -1.58. The number of ketones is 1. The molecule has 0 saturated carbocycles. The summed E-state index contributed by atoms with van der Waals surface area (Å²) in [6, 6.07) is 0. The number of hydrogen-bond acceptors (Lipinski definition) is 3. The molecule has 0 aromatic rings. The van der Waals surface area contributed by atoms with Crippen molar-refractivity contribution in [3.05, 3.63) is 0 Å². The largest absolute Gasteiger partial charge is 0.542 e. The van der Waals surface area contributed by atoms with Crippen molar-refractivity contribution in [2.45, 2.75) is 19.8 Å². The van der Waals surface area contributed by atoms with E-state index in [1.165, 1.54) is 0 Å². The van der Waals surface area contributed by atoms with Gasteiger partial charge in [-0.3, -0.25) is 4.79 Å². The molecule has 0 fully saturated rings. The second kappa shape index (κ2) is 6.15. The van der Waals surface area contributed by atoms with E-state index >= 15 is 0 Å². The van der Waals surface area contributed by atoms with Crippen molar-refractivity contribution in [3.8, 4) is 0 Å². The molecule has 0 aliphatic carbocycles. The van der Waals surface area contributed by atoms with Crippen molar-refractivity contribution in [1.29, 1.82) is 0 Å². The summed E-state index contributed by atoms with van der Waals surface area (Å²) in [7, 11) is 0. The van der Waals surface area contributed by atoms with Crippen molar-refractivity contribution < 1.29 is 40.9 Å². The molecule has 0 N–H and O–H groups in total. The first-order chi connectivity index (χ1) is 3.68. The van der Waals surface area contributed by atoms with Gasteiger partial charge in [0.15, 0.2) is 5.78 Å². The van der Waals surface area contributed by atoms with Gasteiger partial charge in [-0.25, -0.2) is 0 Å². The van der Waals surface area contributed by atoms with Crippen LogP contribution in [-0.2, 0) is 35.8 Å². The number of carboxylic acids is 1. The van der Waals surface area contributed by atoms with Crippen LogP contribution in [0, 0.1) is 0 Å². The average molecular weight is 206 g/mol. The van der Waals surface area contributed by atoms with Gasteiger partial charge >= 0.3 is 0 Å². The van der Waals surface area contributed by atoms with Crippen LogP contribution < -0.4 is 5.11 Å². The van der Waals surface area contributed by atoms with Gasteiger partial charge in [-0.05, 0) is 6.42 Å². The molecule has 0 amide bonds. The van der Waals surface area contributed by atoms with Crippen molar-refractivity contribution in [1.82, 2.24) is 0 Å². The molecule has 0 unspecified atom stereocenters. The third kappa shape index (κ3) is 5.90. The van der Waals surface area contributed by atoms with Crippen molar-refractivity contribution in [2.24, 2.45) is 0 Å². The van der Waals surface area contributed by atoms with E-state index in [9.17, 15) is 14.7 Å². The fourth-order valence-electron chi connectivity index (χ4n) is 0.329. The van der Waals surface area contributed by atoms with Crippen LogP contribution in [0.25, 0.3) is 0 Å². The Balaban J connectivity index is 0. The molecule has 0 bridgehead atoms. The summed E-state index contributed by atoms with van der Waals surface area (Å²) in [5.41, 5.74) is 0. The number of carboxylic acid groups (broad SMARTS) is 1. The molecule has 0 aliphatic rings. The molecule has 9 heavy (non-hydrogen) atoms. The number of Topliss-reactive ketones (excluding diaryl/α,β-unsaturated/α-hetero) is 1. The zero-order chi connectivity index (χ0) is 6.57. The molecule has 0 aromatic carbocycles. The van der Waals surface area contributed by atoms with Gasteiger partial charge in [-0.15, -0.1) is 0 Å². The van der Waals surface area contributed by atoms with E-state index in [1.807, 2.05) is 0 Å². The average Bonchev–Trinajstić information content (AvgIpc) is 1.67. The van der Waals surface area contributed by atoms with E-state index in [0.29, 0.717) is 6.42 Å². The van der Waals surface area contributed by atoms with Crippen molar-refractivity contribution >= 4 is 11.8 Å². The SMILES string of the molecule is CCCC(=O)C(=O)[O-].[Zr]. The Morgan fingerprint density at radius 1 is 1.44 bits per heavy atom. The zero-order valence-electron chi connectivity index (χ0n) is 5.14. The van der Waals surface area contributed by atoms with E-state index in [2.05, 4.69) is 0 Å². The molecule has 0 saturated heterocycles. The number of carbonyl (C=O) groups is 2. The summed E-state index contributed by atoms with van der Waals surface area (Å²) in [6.45, 7) is 1.74. The minimum Gasteiger partial charge on any atom is -0.542 e. The van der Waals surface area contributed by atoms with Gasteiger partial charge in [0.1, 0.15) is 5.97 Å². The quantitative estimate of drug-likeness (QED) is 0.563. The monoisotopic (exact) mass is 205 g/mol. The first-order valence-corrected chi connectivity index (χ1v) is 2.42. The maximum absolute atomic E-state index is 10.1. The Labute approximate surface area is 72.6 Å². The van der Waals surface area contributed by atoms with E-state index < -0.39 is 11.8 Å². The summed E-state index contributed by atoms with van der Waals surface area (Å²) in [5.74, 6) is -2.39. The van der Waals surface area contributed by atoms with Crippen LogP contribution in [0.4, 0.5) is 0 Å². The molecule has 50 valence electrons. The van der Waals surface area contributed by atoms with Gasteiger partial charge in [0, 0.05) is 32.6 Å². The van der Waals surface area contributed by atoms with Crippen molar-refractivity contribution in [3.63, 3.8) is 0 Å². The molecule has 0 aromatic heterocycles. The maximum atomic E-state index is 10.1. The molecule has 0 aliphatic heterocycles. The maximum Gasteiger partial charge on any atom is 0.178 e. The second-order valence-electron chi connectivity index (χ2n) is 1.46. The summed E-state index contributed by atoms with van der Waals surface area (Å²) < 4.78 is 0. The van der Waals surface area contributed by atoms with E-state index in [0.717, 1.165) is 0 Å². The first kappa shape index (κ1) is 11.8. The Morgan fingerprint density at radius 3 is 2.00 bits per heavy atom. The predicted molar refractivity (Wildman–Crippen MR) is 24.9 cm³/mol. The normalized spacial score (nSPS) is 7.67. The van der Waals surface area contributed by atoms with E-state index in [1.54, 1.807) is 6.92 Å². The van der Waals surface area contributed by atoms with Crippen LogP contribution in [0.3, 0.4) is 0 Å².